The van der Waals surface area contributed by atoms with E-state index in [1.807, 2.05) is 22.7 Å². The summed E-state index contributed by atoms with van der Waals surface area (Å²) in [5.41, 5.74) is 7.67. The van der Waals surface area contributed by atoms with Crippen molar-refractivity contribution in [3.8, 4) is 11.1 Å². The van der Waals surface area contributed by atoms with Gasteiger partial charge in [-0.05, 0) is 100 Å². The molecule has 0 aliphatic rings. The summed E-state index contributed by atoms with van der Waals surface area (Å²) in [6.45, 7) is 0. The molecule has 0 radical (unpaired) electrons. The van der Waals surface area contributed by atoms with E-state index in [0.29, 0.717) is 0 Å². The molecule has 0 aliphatic heterocycles. The van der Waals surface area contributed by atoms with Crippen molar-refractivity contribution in [2.24, 2.45) is 0 Å². The van der Waals surface area contributed by atoms with Crippen LogP contribution in [-0.4, -0.2) is 0 Å². The van der Waals surface area contributed by atoms with Gasteiger partial charge >= 0.3 is 0 Å². The zero-order valence-corrected chi connectivity index (χ0v) is 30.5. The van der Waals surface area contributed by atoms with Crippen molar-refractivity contribution in [1.82, 2.24) is 0 Å². The standard InChI is InChI=1S/C50H29NOS2/c1-2-9-33-27-34(14-13-30(33)7-1)31-15-18-35(19-16-31)51(37-20-23-40-39-11-5-6-12-44(39)54-47(40)29-37)36-21-25-45-42(28-36)49-46(53-45)26-24-43-48(49)41-22-17-32-8-3-4-10-38(32)50(41)52-43/h1-29H. The third-order valence-corrected chi connectivity index (χ3v) is 13.3. The van der Waals surface area contributed by atoms with Crippen molar-refractivity contribution in [3.63, 3.8) is 0 Å². The molecule has 12 rings (SSSR count). The molecule has 12 aromatic rings. The molecule has 3 aromatic heterocycles. The van der Waals surface area contributed by atoms with E-state index < -0.39 is 0 Å². The molecule has 9 aromatic carbocycles. The lowest BCUT2D eigenvalue weighted by molar-refractivity contribution is 0.673. The number of rotatable bonds is 4. The smallest absolute Gasteiger partial charge is 0.143 e. The molecule has 4 heteroatoms. The quantitative estimate of drug-likeness (QED) is 0.180. The Hall–Kier alpha value is -6.46. The van der Waals surface area contributed by atoms with Gasteiger partial charge in [0.1, 0.15) is 11.2 Å². The van der Waals surface area contributed by atoms with Gasteiger partial charge in [0.05, 0.1) is 0 Å². The lowest BCUT2D eigenvalue weighted by atomic mass is 10.0. The number of fused-ring (bicyclic) bond motifs is 13. The molecule has 252 valence electrons. The van der Waals surface area contributed by atoms with Crippen molar-refractivity contribution in [2.45, 2.75) is 0 Å². The zero-order valence-electron chi connectivity index (χ0n) is 28.9. The number of anilines is 3. The van der Waals surface area contributed by atoms with Crippen LogP contribution in [0.25, 0.3) is 95.0 Å². The molecule has 2 nitrogen and oxygen atoms in total. The molecule has 0 saturated carbocycles. The van der Waals surface area contributed by atoms with Crippen LogP contribution in [0, 0.1) is 0 Å². The molecule has 54 heavy (non-hydrogen) atoms. The van der Waals surface area contributed by atoms with Gasteiger partial charge in [-0.25, -0.2) is 0 Å². The van der Waals surface area contributed by atoms with Gasteiger partial charge in [-0.2, -0.15) is 0 Å². The Bertz CT molecular complexity index is 3460. The largest absolute Gasteiger partial charge is 0.455 e. The van der Waals surface area contributed by atoms with E-state index in [2.05, 4.69) is 181 Å². The first kappa shape index (κ1) is 30.0. The molecule has 0 bridgehead atoms. The summed E-state index contributed by atoms with van der Waals surface area (Å²) in [6, 6.07) is 64.3. The average Bonchev–Trinajstić information content (AvgIpc) is 3.92. The van der Waals surface area contributed by atoms with Crippen LogP contribution in [0.15, 0.2) is 180 Å². The molecule has 0 spiro atoms. The minimum absolute atomic E-state index is 0.926. The van der Waals surface area contributed by atoms with Crippen LogP contribution < -0.4 is 4.90 Å². The van der Waals surface area contributed by atoms with Gasteiger partial charge in [0, 0.05) is 73.6 Å². The number of hydrogen-bond acceptors (Lipinski definition) is 4. The molecule has 3 heterocycles. The van der Waals surface area contributed by atoms with Crippen LogP contribution in [0.1, 0.15) is 0 Å². The van der Waals surface area contributed by atoms with E-state index in [9.17, 15) is 0 Å². The summed E-state index contributed by atoms with van der Waals surface area (Å²) >= 11 is 3.71. The van der Waals surface area contributed by atoms with Gasteiger partial charge in [0.2, 0.25) is 0 Å². The number of furan rings is 1. The first-order valence-corrected chi connectivity index (χ1v) is 19.9. The fourth-order valence-corrected chi connectivity index (χ4v) is 10.7. The summed E-state index contributed by atoms with van der Waals surface area (Å²) in [6.07, 6.45) is 0. The van der Waals surface area contributed by atoms with Crippen LogP contribution in [-0.2, 0) is 0 Å². The molecular formula is C50H29NOS2. The number of thiophene rings is 2. The monoisotopic (exact) mass is 723 g/mol. The summed E-state index contributed by atoms with van der Waals surface area (Å²) < 4.78 is 11.8. The van der Waals surface area contributed by atoms with Crippen molar-refractivity contribution in [3.05, 3.63) is 176 Å². The molecule has 0 atom stereocenters. The molecule has 0 aliphatic carbocycles. The van der Waals surface area contributed by atoms with Gasteiger partial charge < -0.3 is 9.32 Å². The average molecular weight is 724 g/mol. The van der Waals surface area contributed by atoms with Crippen LogP contribution in [0.4, 0.5) is 17.1 Å². The minimum atomic E-state index is 0.926. The Morgan fingerprint density at radius 3 is 1.89 bits per heavy atom. The second-order valence-electron chi connectivity index (χ2n) is 14.1. The molecule has 0 unspecified atom stereocenters. The highest BCUT2D eigenvalue weighted by atomic mass is 32.1. The Morgan fingerprint density at radius 1 is 0.352 bits per heavy atom. The van der Waals surface area contributed by atoms with Crippen molar-refractivity contribution in [2.75, 3.05) is 4.90 Å². The summed E-state index contributed by atoms with van der Waals surface area (Å²) in [5, 5.41) is 12.3. The highest BCUT2D eigenvalue weighted by molar-refractivity contribution is 7.26. The Kier molecular flexibility index (Phi) is 6.41. The fraction of sp³-hybridized carbons (Fsp3) is 0. The predicted octanol–water partition coefficient (Wildman–Crippen LogP) is 15.8. The predicted molar refractivity (Wildman–Crippen MR) is 235 cm³/mol. The molecule has 0 amide bonds. The number of hydrogen-bond donors (Lipinski definition) is 0. The fourth-order valence-electron chi connectivity index (χ4n) is 8.46. The van der Waals surface area contributed by atoms with Crippen molar-refractivity contribution < 1.29 is 4.42 Å². The van der Waals surface area contributed by atoms with Gasteiger partial charge in [-0.3, -0.25) is 0 Å². The van der Waals surface area contributed by atoms with Gasteiger partial charge in [-0.1, -0.05) is 103 Å². The van der Waals surface area contributed by atoms with E-state index in [4.69, 9.17) is 4.42 Å². The van der Waals surface area contributed by atoms with Crippen LogP contribution in [0.3, 0.4) is 0 Å². The minimum Gasteiger partial charge on any atom is -0.455 e. The number of nitrogens with zero attached hydrogens (tertiary/aromatic N) is 1. The summed E-state index contributed by atoms with van der Waals surface area (Å²) in [4.78, 5) is 2.41. The molecule has 0 N–H and O–H groups in total. The topological polar surface area (TPSA) is 16.4 Å². The zero-order chi connectivity index (χ0) is 35.3. The van der Waals surface area contributed by atoms with E-state index >= 15 is 0 Å². The SMILES string of the molecule is c1ccc2cc(-c3ccc(N(c4ccc5c(c4)sc4ccccc45)c4ccc5sc6ccc7oc8c9ccccc9ccc8c7c6c5c4)cc3)ccc2c1. The Morgan fingerprint density at radius 2 is 0.981 bits per heavy atom. The summed E-state index contributed by atoms with van der Waals surface area (Å²) in [5.74, 6) is 0. The Labute approximate surface area is 318 Å². The van der Waals surface area contributed by atoms with Crippen molar-refractivity contribution >= 4 is 124 Å². The molecule has 0 fully saturated rings. The highest BCUT2D eigenvalue weighted by Crippen LogP contribution is 2.47. The van der Waals surface area contributed by atoms with E-state index in [0.717, 1.165) is 39.0 Å². The first-order chi connectivity index (χ1) is 26.7. The van der Waals surface area contributed by atoms with E-state index in [1.165, 1.54) is 73.0 Å². The lowest BCUT2D eigenvalue weighted by Gasteiger charge is -2.26. The Balaban J connectivity index is 1.07. The second-order valence-corrected chi connectivity index (χ2v) is 16.3. The maximum absolute atomic E-state index is 6.64. The van der Waals surface area contributed by atoms with E-state index in [-0.39, 0.29) is 0 Å². The maximum Gasteiger partial charge on any atom is 0.143 e. The van der Waals surface area contributed by atoms with Crippen LogP contribution in [0.5, 0.6) is 0 Å². The van der Waals surface area contributed by atoms with Gasteiger partial charge in [0.25, 0.3) is 0 Å². The van der Waals surface area contributed by atoms with Gasteiger partial charge in [-0.15, -0.1) is 22.7 Å². The summed E-state index contributed by atoms with van der Waals surface area (Å²) in [7, 11) is 0. The third kappa shape index (κ3) is 4.51. The number of benzene rings is 9. The van der Waals surface area contributed by atoms with E-state index in [1.54, 1.807) is 0 Å². The van der Waals surface area contributed by atoms with Crippen LogP contribution in [0.2, 0.25) is 0 Å². The van der Waals surface area contributed by atoms with Gasteiger partial charge in [0.15, 0.2) is 0 Å². The third-order valence-electron chi connectivity index (χ3n) is 11.0. The normalized spacial score (nSPS) is 12.1. The van der Waals surface area contributed by atoms with Crippen LogP contribution >= 0.6 is 22.7 Å². The maximum atomic E-state index is 6.64. The van der Waals surface area contributed by atoms with Crippen molar-refractivity contribution in [1.29, 1.82) is 0 Å². The lowest BCUT2D eigenvalue weighted by Crippen LogP contribution is -2.09. The first-order valence-electron chi connectivity index (χ1n) is 18.2. The molecular weight excluding hydrogens is 695 g/mol. The molecule has 0 saturated heterocycles. The second kappa shape index (κ2) is 11.5. The highest BCUT2D eigenvalue weighted by Gasteiger charge is 2.20.